The van der Waals surface area contributed by atoms with Gasteiger partial charge in [0.1, 0.15) is 0 Å². The Morgan fingerprint density at radius 3 is 2.64 bits per heavy atom. The molecule has 0 saturated carbocycles. The third-order valence-corrected chi connectivity index (χ3v) is 1.46. The lowest BCUT2D eigenvalue weighted by Gasteiger charge is -1.95. The van der Waals surface area contributed by atoms with Crippen molar-refractivity contribution >= 4 is 17.4 Å². The largest absolute Gasteiger partial charge is 0.200 e. The molecule has 0 aromatic carbocycles. The Balaban J connectivity index is 3.96. The molecule has 2 heteroatoms. The summed E-state index contributed by atoms with van der Waals surface area (Å²) in [6.07, 6.45) is 6.54. The molecule has 1 nitrogen and oxygen atoms in total. The highest BCUT2D eigenvalue weighted by atomic mass is 32.1. The summed E-state index contributed by atoms with van der Waals surface area (Å²) in [5, 5.41) is 2.40. The van der Waals surface area contributed by atoms with Crippen molar-refractivity contribution in [2.45, 2.75) is 39.5 Å². The highest BCUT2D eigenvalue weighted by molar-refractivity contribution is 7.78. The molecule has 0 aliphatic carbocycles. The first-order chi connectivity index (χ1) is 5.35. The number of nitrogens with zero attached hydrogens (tertiary/aromatic N) is 1. The predicted molar refractivity (Wildman–Crippen MR) is 52.9 cm³/mol. The fourth-order valence-electron chi connectivity index (χ4n) is 0.829. The fraction of sp³-hybridized carbons (Fsp3) is 0.667. The molecular formula is C9H15NS. The lowest BCUT2D eigenvalue weighted by Crippen LogP contribution is -1.77. The number of aliphatic imine (C=N–C) groups is 1. The van der Waals surface area contributed by atoms with Crippen LogP contribution in [0.15, 0.2) is 16.8 Å². The van der Waals surface area contributed by atoms with Crippen molar-refractivity contribution < 1.29 is 0 Å². The molecule has 0 N–H and O–H groups in total. The fourth-order valence-corrected chi connectivity index (χ4v) is 0.947. The maximum absolute atomic E-state index is 4.54. The van der Waals surface area contributed by atoms with Crippen LogP contribution in [0.2, 0.25) is 0 Å². The second-order valence-corrected chi connectivity index (χ2v) is 2.62. The lowest BCUT2D eigenvalue weighted by atomic mass is 10.2. The Morgan fingerprint density at radius 2 is 2.18 bits per heavy atom. The van der Waals surface area contributed by atoms with Gasteiger partial charge in [0, 0.05) is 5.70 Å². The Labute approximate surface area is 74.2 Å². The van der Waals surface area contributed by atoms with Crippen molar-refractivity contribution in [2.75, 3.05) is 0 Å². The van der Waals surface area contributed by atoms with Crippen LogP contribution in [0.25, 0.3) is 0 Å². The van der Waals surface area contributed by atoms with Crippen LogP contribution < -0.4 is 0 Å². The van der Waals surface area contributed by atoms with Gasteiger partial charge >= 0.3 is 0 Å². The van der Waals surface area contributed by atoms with E-state index in [1.54, 1.807) is 0 Å². The van der Waals surface area contributed by atoms with Crippen molar-refractivity contribution in [1.82, 2.24) is 0 Å². The average Bonchev–Trinajstić information content (AvgIpc) is 2.01. The number of thiocarbonyl (C=S) groups is 1. The number of allylic oxidation sites excluding steroid dienone is 2. The number of rotatable bonds is 5. The first-order valence-electron chi connectivity index (χ1n) is 4.12. The molecule has 62 valence electrons. The molecule has 0 fully saturated rings. The first kappa shape index (κ1) is 10.5. The van der Waals surface area contributed by atoms with Gasteiger partial charge in [-0.2, -0.15) is 4.99 Å². The van der Waals surface area contributed by atoms with Crippen molar-refractivity contribution in [3.05, 3.63) is 11.8 Å². The van der Waals surface area contributed by atoms with Crippen molar-refractivity contribution in [3.63, 3.8) is 0 Å². The average molecular weight is 169 g/mol. The number of unbranched alkanes of at least 4 members (excludes halogenated alkanes) is 1. The van der Waals surface area contributed by atoms with E-state index in [4.69, 9.17) is 0 Å². The molecule has 0 bridgehead atoms. The van der Waals surface area contributed by atoms with Crippen LogP contribution in [0.4, 0.5) is 0 Å². The normalized spacial score (nSPS) is 10.9. The SMILES string of the molecule is CCCC=C(CCC)N=C=S. The summed E-state index contributed by atoms with van der Waals surface area (Å²) in [5.74, 6) is 0. The number of hydrogen-bond donors (Lipinski definition) is 0. The minimum absolute atomic E-state index is 1.02. The molecule has 0 heterocycles. The van der Waals surface area contributed by atoms with Crippen LogP contribution in [0.1, 0.15) is 39.5 Å². The van der Waals surface area contributed by atoms with E-state index in [-0.39, 0.29) is 0 Å². The van der Waals surface area contributed by atoms with Crippen LogP contribution in [0.5, 0.6) is 0 Å². The molecule has 0 unspecified atom stereocenters. The minimum atomic E-state index is 1.02. The van der Waals surface area contributed by atoms with Crippen molar-refractivity contribution in [3.8, 4) is 0 Å². The van der Waals surface area contributed by atoms with E-state index in [1.807, 2.05) is 0 Å². The van der Waals surface area contributed by atoms with Crippen LogP contribution in [0.3, 0.4) is 0 Å². The third-order valence-electron chi connectivity index (χ3n) is 1.36. The van der Waals surface area contributed by atoms with Gasteiger partial charge in [-0.15, -0.1) is 0 Å². The Kier molecular flexibility index (Phi) is 7.33. The summed E-state index contributed by atoms with van der Waals surface area (Å²) in [6.45, 7) is 4.29. The standard InChI is InChI=1S/C9H15NS/c1-3-5-7-9(6-4-2)10-8-11/h7H,3-6H2,1-2H3. The molecule has 0 aliphatic rings. The highest BCUT2D eigenvalue weighted by Crippen LogP contribution is 2.07. The van der Waals surface area contributed by atoms with E-state index in [1.165, 1.54) is 6.42 Å². The van der Waals surface area contributed by atoms with E-state index < -0.39 is 0 Å². The van der Waals surface area contributed by atoms with Gasteiger partial charge in [0.15, 0.2) is 0 Å². The second kappa shape index (κ2) is 7.64. The zero-order valence-corrected chi connectivity index (χ0v) is 8.08. The van der Waals surface area contributed by atoms with Crippen molar-refractivity contribution in [1.29, 1.82) is 0 Å². The molecule has 0 radical (unpaired) electrons. The topological polar surface area (TPSA) is 12.4 Å². The highest BCUT2D eigenvalue weighted by Gasteiger charge is 1.89. The molecule has 0 saturated heterocycles. The van der Waals surface area contributed by atoms with E-state index in [9.17, 15) is 0 Å². The van der Waals surface area contributed by atoms with Crippen LogP contribution in [-0.4, -0.2) is 5.16 Å². The summed E-state index contributed by atoms with van der Waals surface area (Å²) >= 11 is 4.54. The molecule has 0 atom stereocenters. The maximum Gasteiger partial charge on any atom is 0.0637 e. The summed E-state index contributed by atoms with van der Waals surface area (Å²) in [6, 6.07) is 0. The van der Waals surface area contributed by atoms with Gasteiger partial charge in [-0.1, -0.05) is 32.8 Å². The quantitative estimate of drug-likeness (QED) is 0.452. The number of hydrogen-bond acceptors (Lipinski definition) is 2. The molecule has 0 spiro atoms. The zero-order chi connectivity index (χ0) is 8.53. The van der Waals surface area contributed by atoms with E-state index in [0.29, 0.717) is 0 Å². The van der Waals surface area contributed by atoms with Gasteiger partial charge in [-0.3, -0.25) is 0 Å². The minimum Gasteiger partial charge on any atom is -0.200 e. The zero-order valence-electron chi connectivity index (χ0n) is 7.26. The Bertz CT molecular complexity index is 166. The predicted octanol–water partition coefficient (Wildman–Crippen LogP) is 3.57. The Hall–Kier alpha value is -0.460. The molecule has 0 aliphatic heterocycles. The second-order valence-electron chi connectivity index (χ2n) is 2.44. The summed E-state index contributed by atoms with van der Waals surface area (Å²) < 4.78 is 0. The van der Waals surface area contributed by atoms with Gasteiger partial charge in [0.2, 0.25) is 0 Å². The van der Waals surface area contributed by atoms with E-state index in [0.717, 1.165) is 25.0 Å². The van der Waals surface area contributed by atoms with Gasteiger partial charge in [0.25, 0.3) is 0 Å². The number of isothiocyanates is 1. The van der Waals surface area contributed by atoms with Crippen LogP contribution in [0, 0.1) is 0 Å². The van der Waals surface area contributed by atoms with Gasteiger partial charge in [-0.05, 0) is 25.1 Å². The van der Waals surface area contributed by atoms with Gasteiger partial charge in [0.05, 0.1) is 5.16 Å². The molecule has 0 aromatic rings. The summed E-state index contributed by atoms with van der Waals surface area (Å²) in [7, 11) is 0. The Morgan fingerprint density at radius 1 is 1.45 bits per heavy atom. The maximum atomic E-state index is 4.54. The van der Waals surface area contributed by atoms with Crippen molar-refractivity contribution in [2.24, 2.45) is 4.99 Å². The van der Waals surface area contributed by atoms with E-state index in [2.05, 4.69) is 42.3 Å². The molecular weight excluding hydrogens is 154 g/mol. The summed E-state index contributed by atoms with van der Waals surface area (Å²) in [5.41, 5.74) is 1.09. The van der Waals surface area contributed by atoms with Gasteiger partial charge < -0.3 is 0 Å². The lowest BCUT2D eigenvalue weighted by molar-refractivity contribution is 0.867. The monoisotopic (exact) mass is 169 g/mol. The molecule has 11 heavy (non-hydrogen) atoms. The third kappa shape index (κ3) is 5.96. The van der Waals surface area contributed by atoms with Gasteiger partial charge in [-0.25, -0.2) is 0 Å². The molecule has 0 aromatic heterocycles. The molecule has 0 amide bonds. The molecule has 0 rings (SSSR count). The first-order valence-corrected chi connectivity index (χ1v) is 4.52. The van der Waals surface area contributed by atoms with E-state index >= 15 is 0 Å². The van der Waals surface area contributed by atoms with Crippen LogP contribution >= 0.6 is 12.2 Å². The van der Waals surface area contributed by atoms with Crippen LogP contribution in [-0.2, 0) is 0 Å². The summed E-state index contributed by atoms with van der Waals surface area (Å²) in [4.78, 5) is 3.98. The smallest absolute Gasteiger partial charge is 0.0637 e.